The second-order valence-electron chi connectivity index (χ2n) is 7.77. The third-order valence-corrected chi connectivity index (χ3v) is 6.12. The molecule has 1 N–H and O–H groups in total. The van der Waals surface area contributed by atoms with Gasteiger partial charge in [-0.05, 0) is 70.7 Å². The van der Waals surface area contributed by atoms with Crippen LogP contribution in [0.1, 0.15) is 46.5 Å². The fourth-order valence-electron chi connectivity index (χ4n) is 4.46. The van der Waals surface area contributed by atoms with Crippen LogP contribution in [-0.2, 0) is 0 Å². The Kier molecular flexibility index (Phi) is 6.51. The monoisotopic (exact) mass is 295 g/mol. The van der Waals surface area contributed by atoms with Crippen molar-refractivity contribution in [1.82, 2.24) is 15.1 Å². The summed E-state index contributed by atoms with van der Waals surface area (Å²) >= 11 is 0. The molecule has 5 atom stereocenters. The van der Waals surface area contributed by atoms with Gasteiger partial charge in [0.1, 0.15) is 0 Å². The van der Waals surface area contributed by atoms with Crippen LogP contribution in [0, 0.1) is 17.8 Å². The first kappa shape index (κ1) is 17.2. The summed E-state index contributed by atoms with van der Waals surface area (Å²) in [5, 5.41) is 3.87. The third-order valence-electron chi connectivity index (χ3n) is 6.12. The molecule has 3 nitrogen and oxygen atoms in total. The predicted octanol–water partition coefficient (Wildman–Crippen LogP) is 2.67. The highest BCUT2D eigenvalue weighted by molar-refractivity contribution is 4.94. The molecule has 0 spiro atoms. The van der Waals surface area contributed by atoms with E-state index >= 15 is 0 Å². The van der Waals surface area contributed by atoms with Gasteiger partial charge in [0.15, 0.2) is 0 Å². The second-order valence-corrected chi connectivity index (χ2v) is 7.77. The highest BCUT2D eigenvalue weighted by Gasteiger charge is 2.36. The lowest BCUT2D eigenvalue weighted by molar-refractivity contribution is 0.0994. The quantitative estimate of drug-likeness (QED) is 0.860. The Hall–Kier alpha value is -0.120. The highest BCUT2D eigenvalue weighted by Crippen LogP contribution is 2.36. The molecule has 2 rings (SSSR count). The smallest absolute Gasteiger partial charge is 0.0376 e. The predicted molar refractivity (Wildman–Crippen MR) is 91.7 cm³/mol. The van der Waals surface area contributed by atoms with E-state index in [1.54, 1.807) is 0 Å². The Morgan fingerprint density at radius 2 is 1.86 bits per heavy atom. The lowest BCUT2D eigenvalue weighted by Gasteiger charge is -2.43. The van der Waals surface area contributed by atoms with Crippen molar-refractivity contribution in [3.63, 3.8) is 0 Å². The van der Waals surface area contributed by atoms with Crippen molar-refractivity contribution < 1.29 is 0 Å². The van der Waals surface area contributed by atoms with Gasteiger partial charge in [-0.2, -0.15) is 0 Å². The molecule has 0 radical (unpaired) electrons. The van der Waals surface area contributed by atoms with E-state index in [0.29, 0.717) is 12.1 Å². The normalized spacial score (nSPS) is 38.1. The summed E-state index contributed by atoms with van der Waals surface area (Å²) in [6.07, 6.45) is 5.55. The largest absolute Gasteiger partial charge is 0.312 e. The third kappa shape index (κ3) is 4.43. The first-order chi connectivity index (χ1) is 10.0. The van der Waals surface area contributed by atoms with Crippen LogP contribution in [0.25, 0.3) is 0 Å². The molecule has 2 fully saturated rings. The maximum atomic E-state index is 3.87. The number of nitrogens with zero attached hydrogens (tertiary/aromatic N) is 2. The van der Waals surface area contributed by atoms with E-state index in [0.717, 1.165) is 24.3 Å². The van der Waals surface area contributed by atoms with Crippen molar-refractivity contribution in [2.75, 3.05) is 40.3 Å². The maximum Gasteiger partial charge on any atom is 0.0376 e. The van der Waals surface area contributed by atoms with E-state index in [-0.39, 0.29) is 0 Å². The molecular formula is C18H37N3. The van der Waals surface area contributed by atoms with E-state index in [9.17, 15) is 0 Å². The molecule has 0 bridgehead atoms. The van der Waals surface area contributed by atoms with E-state index < -0.39 is 0 Å². The van der Waals surface area contributed by atoms with Gasteiger partial charge in [-0.25, -0.2) is 0 Å². The molecule has 3 heteroatoms. The molecule has 1 aliphatic carbocycles. The molecule has 21 heavy (non-hydrogen) atoms. The average molecular weight is 296 g/mol. The summed E-state index contributed by atoms with van der Waals surface area (Å²) in [5.74, 6) is 2.66. The summed E-state index contributed by atoms with van der Waals surface area (Å²) in [5.41, 5.74) is 0. The van der Waals surface area contributed by atoms with Crippen LogP contribution in [-0.4, -0.2) is 62.2 Å². The van der Waals surface area contributed by atoms with Crippen LogP contribution in [0.5, 0.6) is 0 Å². The first-order valence-electron chi connectivity index (χ1n) is 9.15. The number of rotatable bonds is 4. The van der Waals surface area contributed by atoms with Crippen LogP contribution in [0.2, 0.25) is 0 Å². The molecule has 1 saturated heterocycles. The average Bonchev–Trinajstić information content (AvgIpc) is 2.61. The van der Waals surface area contributed by atoms with E-state index in [1.807, 2.05) is 0 Å². The zero-order valence-corrected chi connectivity index (χ0v) is 14.9. The minimum atomic E-state index is 0.662. The highest BCUT2D eigenvalue weighted by atomic mass is 15.2. The second kappa shape index (κ2) is 7.94. The van der Waals surface area contributed by atoms with Crippen molar-refractivity contribution in [3.8, 4) is 0 Å². The molecule has 1 heterocycles. The number of hydrogen-bond acceptors (Lipinski definition) is 3. The van der Waals surface area contributed by atoms with Crippen LogP contribution >= 0.6 is 0 Å². The number of nitrogens with one attached hydrogen (secondary N) is 1. The van der Waals surface area contributed by atoms with Gasteiger partial charge >= 0.3 is 0 Å². The van der Waals surface area contributed by atoms with Gasteiger partial charge in [0.05, 0.1) is 0 Å². The summed E-state index contributed by atoms with van der Waals surface area (Å²) in [6, 6.07) is 1.33. The van der Waals surface area contributed by atoms with Crippen molar-refractivity contribution in [2.45, 2.75) is 58.5 Å². The van der Waals surface area contributed by atoms with Gasteiger partial charge in [-0.1, -0.05) is 27.2 Å². The SMILES string of the molecule is CCNC(C1CCC(C)C(C)C1)C1CN(C)CCCN1C. The lowest BCUT2D eigenvalue weighted by atomic mass is 9.71. The van der Waals surface area contributed by atoms with Crippen LogP contribution in [0.15, 0.2) is 0 Å². The summed E-state index contributed by atoms with van der Waals surface area (Å²) < 4.78 is 0. The fourth-order valence-corrected chi connectivity index (χ4v) is 4.46. The summed E-state index contributed by atoms with van der Waals surface area (Å²) in [6.45, 7) is 12.0. The number of likely N-dealkylation sites (N-methyl/N-ethyl adjacent to an activating group) is 3. The van der Waals surface area contributed by atoms with Crippen LogP contribution in [0.4, 0.5) is 0 Å². The standard InChI is InChI=1S/C18H37N3/c1-6-19-18(16-9-8-14(2)15(3)12-16)17-13-20(4)10-7-11-21(17)5/h14-19H,6-13H2,1-5H3. The van der Waals surface area contributed by atoms with Gasteiger partial charge in [0, 0.05) is 18.6 Å². The van der Waals surface area contributed by atoms with Crippen LogP contribution in [0.3, 0.4) is 0 Å². The Bertz CT molecular complexity index is 307. The molecule has 1 saturated carbocycles. The zero-order valence-electron chi connectivity index (χ0n) is 14.9. The van der Waals surface area contributed by atoms with Gasteiger partial charge in [0.2, 0.25) is 0 Å². The van der Waals surface area contributed by atoms with Crippen molar-refractivity contribution in [2.24, 2.45) is 17.8 Å². The Morgan fingerprint density at radius 3 is 2.52 bits per heavy atom. The Labute approximate surface area is 132 Å². The maximum absolute atomic E-state index is 3.87. The zero-order chi connectivity index (χ0) is 15.4. The van der Waals surface area contributed by atoms with E-state index in [1.165, 1.54) is 45.3 Å². The van der Waals surface area contributed by atoms with Gasteiger partial charge < -0.3 is 15.1 Å². The van der Waals surface area contributed by atoms with Gasteiger partial charge in [-0.15, -0.1) is 0 Å². The minimum absolute atomic E-state index is 0.662. The molecule has 0 aromatic heterocycles. The number of hydrogen-bond donors (Lipinski definition) is 1. The molecule has 0 aromatic carbocycles. The van der Waals surface area contributed by atoms with Crippen molar-refractivity contribution in [3.05, 3.63) is 0 Å². The topological polar surface area (TPSA) is 18.5 Å². The lowest BCUT2D eigenvalue weighted by Crippen LogP contribution is -2.56. The molecular weight excluding hydrogens is 258 g/mol. The molecule has 0 aromatic rings. The molecule has 5 unspecified atom stereocenters. The van der Waals surface area contributed by atoms with Crippen LogP contribution < -0.4 is 5.32 Å². The Balaban J connectivity index is 2.09. The Morgan fingerprint density at radius 1 is 1.10 bits per heavy atom. The van der Waals surface area contributed by atoms with Gasteiger partial charge in [-0.3, -0.25) is 0 Å². The molecule has 2 aliphatic rings. The van der Waals surface area contributed by atoms with E-state index in [4.69, 9.17) is 0 Å². The summed E-state index contributed by atoms with van der Waals surface area (Å²) in [7, 11) is 4.63. The van der Waals surface area contributed by atoms with Gasteiger partial charge in [0.25, 0.3) is 0 Å². The first-order valence-corrected chi connectivity index (χ1v) is 9.15. The molecule has 0 amide bonds. The summed E-state index contributed by atoms with van der Waals surface area (Å²) in [4.78, 5) is 5.16. The van der Waals surface area contributed by atoms with Crippen molar-refractivity contribution >= 4 is 0 Å². The minimum Gasteiger partial charge on any atom is -0.312 e. The molecule has 124 valence electrons. The van der Waals surface area contributed by atoms with Crippen molar-refractivity contribution in [1.29, 1.82) is 0 Å². The molecule has 1 aliphatic heterocycles. The van der Waals surface area contributed by atoms with E-state index in [2.05, 4.69) is 50.0 Å². The fraction of sp³-hybridized carbons (Fsp3) is 1.00.